The van der Waals surface area contributed by atoms with Gasteiger partial charge in [0.2, 0.25) is 0 Å². The van der Waals surface area contributed by atoms with Gasteiger partial charge in [0, 0.05) is 17.4 Å². The first kappa shape index (κ1) is 15.3. The minimum atomic E-state index is -0.471. The topological polar surface area (TPSA) is 113 Å². The van der Waals surface area contributed by atoms with Crippen LogP contribution in [0.25, 0.3) is 0 Å². The van der Waals surface area contributed by atoms with Crippen LogP contribution < -0.4 is 16.3 Å². The number of aromatic amines is 1. The minimum absolute atomic E-state index is 0.0186. The van der Waals surface area contributed by atoms with Crippen LogP contribution in [-0.2, 0) is 0 Å². The Morgan fingerprint density at radius 2 is 2.14 bits per heavy atom. The summed E-state index contributed by atoms with van der Waals surface area (Å²) in [7, 11) is 0. The Morgan fingerprint density at radius 3 is 2.82 bits per heavy atom. The molecule has 0 atom stereocenters. The average Bonchev–Trinajstić information content (AvgIpc) is 2.54. The second kappa shape index (κ2) is 7.61. The second-order valence-electron chi connectivity index (χ2n) is 4.32. The van der Waals surface area contributed by atoms with Gasteiger partial charge in [0.05, 0.1) is 25.1 Å². The zero-order valence-electron chi connectivity index (χ0n) is 11.7. The third kappa shape index (κ3) is 3.71. The molecule has 7 heteroatoms. The predicted molar refractivity (Wildman–Crippen MR) is 84.2 cm³/mol. The van der Waals surface area contributed by atoms with Gasteiger partial charge in [-0.05, 0) is 12.1 Å². The summed E-state index contributed by atoms with van der Waals surface area (Å²) in [5, 5.41) is 24.9. The third-order valence-electron chi connectivity index (χ3n) is 2.80. The number of nitrogens with one attached hydrogen (secondary N) is 3. The molecule has 22 heavy (non-hydrogen) atoms. The molecule has 2 rings (SSSR count). The molecule has 1 heterocycles. The first-order valence-corrected chi connectivity index (χ1v) is 6.61. The number of rotatable bonds is 6. The molecule has 0 aliphatic carbocycles. The molecule has 0 unspecified atom stereocenters. The summed E-state index contributed by atoms with van der Waals surface area (Å²) < 4.78 is 0. The number of aromatic nitrogens is 1. The van der Waals surface area contributed by atoms with E-state index < -0.39 is 5.56 Å². The zero-order chi connectivity index (χ0) is 15.8. The van der Waals surface area contributed by atoms with E-state index in [0.717, 1.165) is 5.69 Å². The number of benzene rings is 1. The second-order valence-corrected chi connectivity index (χ2v) is 4.32. The maximum atomic E-state index is 11.8. The Bertz CT molecular complexity index is 747. The fourth-order valence-corrected chi connectivity index (χ4v) is 1.78. The molecule has 112 valence electrons. The highest BCUT2D eigenvalue weighted by Crippen LogP contribution is 2.21. The monoisotopic (exact) mass is 297 g/mol. The van der Waals surface area contributed by atoms with Gasteiger partial charge < -0.3 is 20.8 Å². The number of pyridine rings is 1. The van der Waals surface area contributed by atoms with E-state index in [0.29, 0.717) is 17.8 Å². The van der Waals surface area contributed by atoms with Crippen LogP contribution in [0.5, 0.6) is 0 Å². The van der Waals surface area contributed by atoms with Crippen molar-refractivity contribution in [2.75, 3.05) is 18.5 Å². The maximum Gasteiger partial charge on any atom is 0.268 e. The van der Waals surface area contributed by atoms with Gasteiger partial charge in [-0.25, -0.2) is 0 Å². The van der Waals surface area contributed by atoms with E-state index in [1.807, 2.05) is 36.4 Å². The predicted octanol–water partition coefficient (Wildman–Crippen LogP) is 0.906. The zero-order valence-corrected chi connectivity index (χ0v) is 11.7. The number of aliphatic hydroxyl groups excluding tert-OH is 1. The molecular weight excluding hydrogens is 282 g/mol. The lowest BCUT2D eigenvalue weighted by Gasteiger charge is -2.10. The van der Waals surface area contributed by atoms with Crippen LogP contribution in [0.1, 0.15) is 11.1 Å². The normalized spacial score (nSPS) is 10.4. The molecule has 0 saturated heterocycles. The molecule has 4 N–H and O–H groups in total. The Morgan fingerprint density at radius 1 is 1.36 bits per heavy atom. The van der Waals surface area contributed by atoms with Gasteiger partial charge in [-0.3, -0.25) is 4.79 Å². The van der Waals surface area contributed by atoms with Crippen molar-refractivity contribution in [3.63, 3.8) is 0 Å². The van der Waals surface area contributed by atoms with Crippen LogP contribution >= 0.6 is 0 Å². The Hall–Kier alpha value is -3.11. The summed E-state index contributed by atoms with van der Waals surface area (Å²) in [6.07, 6.45) is 2.94. The van der Waals surface area contributed by atoms with Gasteiger partial charge in [-0.15, -0.1) is 0 Å². The third-order valence-corrected chi connectivity index (χ3v) is 2.80. The van der Waals surface area contributed by atoms with Gasteiger partial charge in [0.15, 0.2) is 0 Å². The van der Waals surface area contributed by atoms with Crippen LogP contribution in [0.4, 0.5) is 11.4 Å². The highest BCUT2D eigenvalue weighted by molar-refractivity contribution is 5.90. The molecule has 0 amide bonds. The molecule has 0 spiro atoms. The fraction of sp³-hybridized carbons (Fsp3) is 0.133. The van der Waals surface area contributed by atoms with Crippen LogP contribution in [0.2, 0.25) is 0 Å². The fourth-order valence-electron chi connectivity index (χ4n) is 1.78. The van der Waals surface area contributed by atoms with Crippen molar-refractivity contribution in [1.82, 2.24) is 10.4 Å². The number of aliphatic hydroxyl groups is 1. The number of hydrogen-bond acceptors (Lipinski definition) is 6. The van der Waals surface area contributed by atoms with Gasteiger partial charge in [0.1, 0.15) is 11.6 Å². The maximum absolute atomic E-state index is 11.8. The van der Waals surface area contributed by atoms with Crippen molar-refractivity contribution < 1.29 is 5.11 Å². The number of nitrogens with zero attached hydrogens (tertiary/aromatic N) is 2. The number of hydrogen-bond donors (Lipinski definition) is 4. The highest BCUT2D eigenvalue weighted by atomic mass is 16.3. The molecule has 0 radical (unpaired) electrons. The van der Waals surface area contributed by atoms with Crippen LogP contribution in [-0.4, -0.2) is 29.5 Å². The van der Waals surface area contributed by atoms with E-state index in [-0.39, 0.29) is 12.2 Å². The molecule has 1 aromatic carbocycles. The van der Waals surface area contributed by atoms with Gasteiger partial charge in [0.25, 0.3) is 5.56 Å². The van der Waals surface area contributed by atoms with Crippen molar-refractivity contribution in [1.29, 1.82) is 5.26 Å². The van der Waals surface area contributed by atoms with Gasteiger partial charge in [-0.2, -0.15) is 10.4 Å². The molecule has 0 fully saturated rings. The quantitative estimate of drug-likeness (QED) is 0.359. The van der Waals surface area contributed by atoms with E-state index in [9.17, 15) is 10.1 Å². The molecule has 0 aliphatic rings. The van der Waals surface area contributed by atoms with Crippen LogP contribution in [0.15, 0.2) is 46.4 Å². The van der Waals surface area contributed by atoms with Crippen LogP contribution in [0.3, 0.4) is 0 Å². The van der Waals surface area contributed by atoms with Crippen molar-refractivity contribution in [2.24, 2.45) is 5.10 Å². The largest absolute Gasteiger partial charge is 0.394 e. The molecule has 7 nitrogen and oxygen atoms in total. The highest BCUT2D eigenvalue weighted by Gasteiger charge is 2.11. The lowest BCUT2D eigenvalue weighted by Crippen LogP contribution is -2.15. The van der Waals surface area contributed by atoms with E-state index in [2.05, 4.69) is 20.8 Å². The van der Waals surface area contributed by atoms with E-state index in [1.165, 1.54) is 12.4 Å². The number of anilines is 2. The van der Waals surface area contributed by atoms with E-state index >= 15 is 0 Å². The van der Waals surface area contributed by atoms with Gasteiger partial charge in [-0.1, -0.05) is 18.2 Å². The summed E-state index contributed by atoms with van der Waals surface area (Å²) in [5.74, 6) is 0. The lowest BCUT2D eigenvalue weighted by atomic mass is 10.1. The van der Waals surface area contributed by atoms with E-state index in [1.54, 1.807) is 0 Å². The minimum Gasteiger partial charge on any atom is -0.394 e. The lowest BCUT2D eigenvalue weighted by molar-refractivity contribution is 0.294. The van der Waals surface area contributed by atoms with Crippen molar-refractivity contribution in [2.45, 2.75) is 0 Å². The summed E-state index contributed by atoms with van der Waals surface area (Å²) in [6.45, 7) is 0.272. The van der Waals surface area contributed by atoms with Crippen LogP contribution in [0, 0.1) is 11.3 Å². The molecular formula is C15H15N5O2. The first-order chi connectivity index (χ1) is 10.8. The standard InChI is InChI=1S/C15H15N5O2/c16-8-13-14(20-12-4-2-1-3-5-12)11(9-17-15(13)22)10-19-18-6-7-21/h1-5,9-10,18,21H,6-7H2,(H2,17,20,22). The number of para-hydroxylation sites is 1. The summed E-state index contributed by atoms with van der Waals surface area (Å²) in [4.78, 5) is 14.3. The Labute approximate surface area is 126 Å². The molecule has 2 aromatic rings. The van der Waals surface area contributed by atoms with Crippen molar-refractivity contribution >= 4 is 17.6 Å². The Balaban J connectivity index is 2.39. The average molecular weight is 297 g/mol. The Kier molecular flexibility index (Phi) is 5.29. The summed E-state index contributed by atoms with van der Waals surface area (Å²) in [5.41, 5.74) is 3.83. The summed E-state index contributed by atoms with van der Waals surface area (Å²) in [6, 6.07) is 11.1. The SMILES string of the molecule is N#Cc1c(Nc2ccccc2)c(C=NNCCO)c[nH]c1=O. The first-order valence-electron chi connectivity index (χ1n) is 6.61. The molecule has 1 aromatic heterocycles. The van der Waals surface area contributed by atoms with Crippen molar-refractivity contribution in [3.05, 3.63) is 58.0 Å². The summed E-state index contributed by atoms with van der Waals surface area (Å²) >= 11 is 0. The number of hydrazone groups is 1. The van der Waals surface area contributed by atoms with E-state index in [4.69, 9.17) is 5.11 Å². The molecule has 0 aliphatic heterocycles. The number of H-pyrrole nitrogens is 1. The van der Waals surface area contributed by atoms with Crippen molar-refractivity contribution in [3.8, 4) is 6.07 Å². The van der Waals surface area contributed by atoms with Gasteiger partial charge >= 0.3 is 0 Å². The number of nitriles is 1. The smallest absolute Gasteiger partial charge is 0.268 e. The molecule has 0 saturated carbocycles. The molecule has 0 bridgehead atoms.